The highest BCUT2D eigenvalue weighted by atomic mass is 35.5. The largest absolute Gasteiger partial charge is 0.492 e. The second-order valence-electron chi connectivity index (χ2n) is 7.53. The van der Waals surface area contributed by atoms with Gasteiger partial charge in [-0.25, -0.2) is 4.98 Å². The third-order valence-corrected chi connectivity index (χ3v) is 5.35. The maximum atomic E-state index is 6.41. The third kappa shape index (κ3) is 5.60. The highest BCUT2D eigenvalue weighted by molar-refractivity contribution is 6.31. The summed E-state index contributed by atoms with van der Waals surface area (Å²) in [6, 6.07) is 3.62. The molecule has 4 rings (SSSR count). The number of rotatable bonds is 10. The first-order valence-electron chi connectivity index (χ1n) is 10.7. The number of hydrogen-bond acceptors (Lipinski definition) is 8. The second-order valence-corrected chi connectivity index (χ2v) is 7.93. The number of pyridine rings is 1. The monoisotopic (exact) mass is 457 g/mol. The molecular formula is C22H28ClN7O2. The van der Waals surface area contributed by atoms with Crippen LogP contribution < -0.4 is 25.4 Å². The summed E-state index contributed by atoms with van der Waals surface area (Å²) in [6.07, 6.45) is 10.6. The molecule has 0 amide bonds. The van der Waals surface area contributed by atoms with E-state index in [1.165, 1.54) is 0 Å². The number of hydrogen-bond donors (Lipinski definition) is 3. The molecule has 0 fully saturated rings. The summed E-state index contributed by atoms with van der Waals surface area (Å²) in [5.41, 5.74) is 1.09. The van der Waals surface area contributed by atoms with Crippen molar-refractivity contribution in [3.63, 3.8) is 0 Å². The fourth-order valence-corrected chi connectivity index (χ4v) is 3.70. The minimum Gasteiger partial charge on any atom is -0.492 e. The smallest absolute Gasteiger partial charge is 0.233 e. The molecule has 2 aliphatic rings. The molecule has 0 saturated heterocycles. The Morgan fingerprint density at radius 3 is 3.03 bits per heavy atom. The summed E-state index contributed by atoms with van der Waals surface area (Å²) in [7, 11) is 1.88. The molecule has 3 N–H and O–H groups in total. The predicted octanol–water partition coefficient (Wildman–Crippen LogP) is 2.88. The number of aryl methyl sites for hydroxylation is 1. The zero-order chi connectivity index (χ0) is 22.3. The van der Waals surface area contributed by atoms with E-state index in [1.54, 1.807) is 23.3 Å². The summed E-state index contributed by atoms with van der Waals surface area (Å²) in [6.45, 7) is 4.55. The van der Waals surface area contributed by atoms with Gasteiger partial charge in [0.25, 0.3) is 0 Å². The van der Waals surface area contributed by atoms with Crippen molar-refractivity contribution in [1.29, 1.82) is 0 Å². The molecule has 1 aliphatic carbocycles. The molecule has 2 aromatic heterocycles. The molecule has 2 atom stereocenters. The Labute approximate surface area is 192 Å². The van der Waals surface area contributed by atoms with Crippen LogP contribution in [0.3, 0.4) is 0 Å². The summed E-state index contributed by atoms with van der Waals surface area (Å²) in [5.74, 6) is 2.64. The SMILES string of the molecule is CCNCCCOc1cnc(OC2C=CC3N=CNC(Nc4ccn(C)n4)=C3C2)c(Cl)c1. The Morgan fingerprint density at radius 2 is 2.25 bits per heavy atom. The molecule has 0 saturated carbocycles. The van der Waals surface area contributed by atoms with E-state index in [-0.39, 0.29) is 12.1 Å². The van der Waals surface area contributed by atoms with Crippen LogP contribution in [-0.2, 0) is 7.05 Å². The van der Waals surface area contributed by atoms with Crippen LogP contribution in [0.5, 0.6) is 11.6 Å². The Balaban J connectivity index is 1.39. The molecule has 10 heteroatoms. The van der Waals surface area contributed by atoms with Crippen LogP contribution >= 0.6 is 11.6 Å². The van der Waals surface area contributed by atoms with Gasteiger partial charge in [0.15, 0.2) is 5.82 Å². The lowest BCUT2D eigenvalue weighted by Crippen LogP contribution is -2.34. The average molecular weight is 458 g/mol. The van der Waals surface area contributed by atoms with Crippen LogP contribution in [-0.4, -0.2) is 52.9 Å². The van der Waals surface area contributed by atoms with Crippen LogP contribution in [0.15, 0.2) is 53.1 Å². The summed E-state index contributed by atoms with van der Waals surface area (Å²) >= 11 is 6.41. The standard InChI is InChI=1S/C22H28ClN7O2/c1-3-24-8-4-10-31-16-12-18(23)22(25-13-16)32-15-5-6-19-17(11-15)21(27-14-26-19)28-20-7-9-30(2)29-20/h5-7,9,12-15,19,24H,3-4,8,10-11H2,1-2H3,(H,26,27)(H,28,29). The number of aromatic nitrogens is 3. The minimum atomic E-state index is -0.214. The molecule has 2 unspecified atom stereocenters. The van der Waals surface area contributed by atoms with E-state index in [1.807, 2.05) is 31.5 Å². The van der Waals surface area contributed by atoms with Crippen LogP contribution in [0.4, 0.5) is 5.82 Å². The average Bonchev–Trinajstić information content (AvgIpc) is 3.20. The van der Waals surface area contributed by atoms with Crippen molar-refractivity contribution in [2.75, 3.05) is 25.0 Å². The molecule has 1 aliphatic heterocycles. The van der Waals surface area contributed by atoms with Crippen LogP contribution in [0.25, 0.3) is 0 Å². The van der Waals surface area contributed by atoms with Crippen molar-refractivity contribution in [3.8, 4) is 11.6 Å². The lowest BCUT2D eigenvalue weighted by Gasteiger charge is -2.29. The number of halogens is 1. The Kier molecular flexibility index (Phi) is 7.28. The zero-order valence-electron chi connectivity index (χ0n) is 18.2. The molecule has 3 heterocycles. The summed E-state index contributed by atoms with van der Waals surface area (Å²) < 4.78 is 13.6. The van der Waals surface area contributed by atoms with Crippen molar-refractivity contribution in [1.82, 2.24) is 25.4 Å². The number of nitrogens with one attached hydrogen (secondary N) is 3. The molecular weight excluding hydrogens is 430 g/mol. The van der Waals surface area contributed by atoms with Crippen molar-refractivity contribution in [3.05, 3.63) is 53.1 Å². The molecule has 32 heavy (non-hydrogen) atoms. The first-order chi connectivity index (χ1) is 15.6. The van der Waals surface area contributed by atoms with Gasteiger partial charge in [0.1, 0.15) is 22.7 Å². The highest BCUT2D eigenvalue weighted by Gasteiger charge is 2.27. The molecule has 0 aromatic carbocycles. The minimum absolute atomic E-state index is 0.0382. The van der Waals surface area contributed by atoms with E-state index >= 15 is 0 Å². The normalized spacial score (nSPS) is 19.5. The van der Waals surface area contributed by atoms with Gasteiger partial charge in [0.2, 0.25) is 5.88 Å². The van der Waals surface area contributed by atoms with Gasteiger partial charge < -0.3 is 25.4 Å². The van der Waals surface area contributed by atoms with Gasteiger partial charge in [0.05, 0.1) is 25.2 Å². The quantitative estimate of drug-likeness (QED) is 0.372. The summed E-state index contributed by atoms with van der Waals surface area (Å²) in [4.78, 5) is 8.86. The second kappa shape index (κ2) is 10.5. The number of nitrogens with zero attached hydrogens (tertiary/aromatic N) is 4. The van der Waals surface area contributed by atoms with E-state index in [2.05, 4.69) is 37.9 Å². The van der Waals surface area contributed by atoms with E-state index in [0.29, 0.717) is 29.7 Å². The van der Waals surface area contributed by atoms with Gasteiger partial charge in [-0.3, -0.25) is 9.67 Å². The fraction of sp³-hybridized carbons (Fsp3) is 0.409. The van der Waals surface area contributed by atoms with Gasteiger partial charge in [-0.1, -0.05) is 24.6 Å². The Bertz CT molecular complexity index is 1020. The maximum Gasteiger partial charge on any atom is 0.233 e. The van der Waals surface area contributed by atoms with E-state index in [4.69, 9.17) is 21.1 Å². The molecule has 170 valence electrons. The van der Waals surface area contributed by atoms with Gasteiger partial charge in [0, 0.05) is 37.4 Å². The predicted molar refractivity (Wildman–Crippen MR) is 125 cm³/mol. The first-order valence-corrected chi connectivity index (χ1v) is 11.1. The molecule has 0 spiro atoms. The van der Waals surface area contributed by atoms with Crippen molar-refractivity contribution < 1.29 is 9.47 Å². The Morgan fingerprint density at radius 1 is 1.34 bits per heavy atom. The highest BCUT2D eigenvalue weighted by Crippen LogP contribution is 2.31. The van der Waals surface area contributed by atoms with Crippen molar-refractivity contribution in [2.45, 2.75) is 31.9 Å². The number of ether oxygens (including phenoxy) is 2. The third-order valence-electron chi connectivity index (χ3n) is 5.08. The fourth-order valence-electron chi connectivity index (χ4n) is 3.50. The van der Waals surface area contributed by atoms with Crippen LogP contribution in [0.2, 0.25) is 5.02 Å². The Hall–Kier alpha value is -3.04. The maximum absolute atomic E-state index is 6.41. The van der Waals surface area contributed by atoms with E-state index in [9.17, 15) is 0 Å². The lowest BCUT2D eigenvalue weighted by molar-refractivity contribution is 0.232. The topological polar surface area (TPSA) is 97.6 Å². The van der Waals surface area contributed by atoms with Gasteiger partial charge in [-0.15, -0.1) is 0 Å². The number of fused-ring (bicyclic) bond motifs is 1. The van der Waals surface area contributed by atoms with Crippen LogP contribution in [0.1, 0.15) is 19.8 Å². The van der Waals surface area contributed by atoms with E-state index in [0.717, 1.165) is 36.7 Å². The van der Waals surface area contributed by atoms with Crippen LogP contribution in [0, 0.1) is 0 Å². The molecule has 0 radical (unpaired) electrons. The van der Waals surface area contributed by atoms with Gasteiger partial charge >= 0.3 is 0 Å². The van der Waals surface area contributed by atoms with Crippen molar-refractivity contribution >= 4 is 23.8 Å². The van der Waals surface area contributed by atoms with Crippen molar-refractivity contribution in [2.24, 2.45) is 12.0 Å². The molecule has 0 bridgehead atoms. The van der Waals surface area contributed by atoms with Gasteiger partial charge in [-0.05, 0) is 25.6 Å². The molecule has 2 aromatic rings. The number of anilines is 1. The van der Waals surface area contributed by atoms with Gasteiger partial charge in [-0.2, -0.15) is 5.10 Å². The first kappa shape index (κ1) is 22.2. The summed E-state index contributed by atoms with van der Waals surface area (Å²) in [5, 5.41) is 14.6. The molecule has 9 nitrogen and oxygen atoms in total. The number of aliphatic imine (C=N–C) groups is 1. The lowest BCUT2D eigenvalue weighted by atomic mass is 9.93. The van der Waals surface area contributed by atoms with E-state index < -0.39 is 0 Å². The zero-order valence-corrected chi connectivity index (χ0v) is 19.0.